The molecule has 5 rings (SSSR count). The predicted molar refractivity (Wildman–Crippen MR) is 137 cm³/mol. The monoisotopic (exact) mass is 481 g/mol. The first kappa shape index (κ1) is 22.8. The molecule has 0 fully saturated rings. The summed E-state index contributed by atoms with van der Waals surface area (Å²) in [6, 6.07) is 21.5. The molecular weight excluding hydrogens is 458 g/mol. The third kappa shape index (κ3) is 5.22. The number of amides is 2. The van der Waals surface area contributed by atoms with Crippen molar-refractivity contribution in [3.8, 4) is 0 Å². The molecular formula is C26H23N7O3. The van der Waals surface area contributed by atoms with Gasteiger partial charge in [-0.1, -0.05) is 30.3 Å². The van der Waals surface area contributed by atoms with Crippen LogP contribution in [0.4, 0.5) is 22.0 Å². The average Bonchev–Trinajstić information content (AvgIpc) is 3.26. The summed E-state index contributed by atoms with van der Waals surface area (Å²) in [4.78, 5) is 31.4. The molecule has 0 saturated carbocycles. The molecule has 0 bridgehead atoms. The summed E-state index contributed by atoms with van der Waals surface area (Å²) in [5.74, 6) is 0.298. The van der Waals surface area contributed by atoms with Gasteiger partial charge in [-0.05, 0) is 42.0 Å². The maximum absolute atomic E-state index is 12.1. The van der Waals surface area contributed by atoms with Crippen LogP contribution >= 0.6 is 0 Å². The van der Waals surface area contributed by atoms with Crippen LogP contribution in [-0.4, -0.2) is 43.4 Å². The van der Waals surface area contributed by atoms with E-state index < -0.39 is 6.09 Å². The Hall–Kier alpha value is -4.99. The number of rotatable bonds is 8. The molecule has 2 amide bonds. The predicted octanol–water partition coefficient (Wildman–Crippen LogP) is 4.37. The molecule has 0 aliphatic rings. The van der Waals surface area contributed by atoms with E-state index in [0.717, 1.165) is 27.5 Å². The number of nitrogens with zero attached hydrogens (tertiary/aromatic N) is 4. The van der Waals surface area contributed by atoms with Crippen molar-refractivity contribution in [1.82, 2.24) is 25.1 Å². The number of carbonyl (C=O) groups is 2. The van der Waals surface area contributed by atoms with E-state index in [2.05, 4.69) is 43.1 Å². The van der Waals surface area contributed by atoms with E-state index in [1.54, 1.807) is 18.2 Å². The van der Waals surface area contributed by atoms with Gasteiger partial charge in [-0.25, -0.2) is 14.8 Å². The molecule has 0 unspecified atom stereocenters. The number of carboxylic acid groups (broad SMARTS) is 1. The van der Waals surface area contributed by atoms with E-state index in [-0.39, 0.29) is 18.9 Å². The molecule has 3 aromatic carbocycles. The molecule has 10 nitrogen and oxygen atoms in total. The Morgan fingerprint density at radius 2 is 1.78 bits per heavy atom. The van der Waals surface area contributed by atoms with Crippen molar-refractivity contribution in [2.45, 2.75) is 13.0 Å². The van der Waals surface area contributed by atoms with Crippen LogP contribution in [-0.2, 0) is 11.3 Å². The van der Waals surface area contributed by atoms with Crippen LogP contribution in [0.15, 0.2) is 79.3 Å². The fourth-order valence-corrected chi connectivity index (χ4v) is 3.92. The van der Waals surface area contributed by atoms with E-state index in [0.29, 0.717) is 18.1 Å². The number of aromatic nitrogens is 4. The van der Waals surface area contributed by atoms with Crippen molar-refractivity contribution in [2.75, 3.05) is 17.2 Å². The van der Waals surface area contributed by atoms with E-state index >= 15 is 0 Å². The van der Waals surface area contributed by atoms with Crippen molar-refractivity contribution in [2.24, 2.45) is 0 Å². The first-order valence-electron chi connectivity index (χ1n) is 11.3. The van der Waals surface area contributed by atoms with Crippen LogP contribution in [0.3, 0.4) is 0 Å². The minimum absolute atomic E-state index is 0.0265. The van der Waals surface area contributed by atoms with E-state index in [9.17, 15) is 9.59 Å². The molecule has 0 saturated heterocycles. The highest BCUT2D eigenvalue weighted by Gasteiger charge is 2.10. The number of hydrogen-bond donors (Lipinski definition) is 4. The second-order valence-corrected chi connectivity index (χ2v) is 8.17. The average molecular weight is 482 g/mol. The maximum Gasteiger partial charge on any atom is 0.404 e. The fraction of sp³-hybridized carbons (Fsp3) is 0.115. The smallest absolute Gasteiger partial charge is 0.404 e. The molecule has 2 aromatic heterocycles. The van der Waals surface area contributed by atoms with E-state index in [4.69, 9.17) is 5.11 Å². The van der Waals surface area contributed by atoms with E-state index in [1.807, 2.05) is 47.3 Å². The highest BCUT2D eigenvalue weighted by Crippen LogP contribution is 2.27. The Kier molecular flexibility index (Phi) is 6.39. The third-order valence-corrected chi connectivity index (χ3v) is 5.63. The standard InChI is InChI=1S/C26H23N7O3/c34-24(10-11-27-26(35)36)31-20-6-8-22-21(13-20)25(29-16-28-22)32-19-7-9-23-18(12-19)14-30-33(23)15-17-4-2-1-3-5-17/h1-9,12-14,16,27H,10-11,15H2,(H,31,34)(H,35,36)(H,28,29,32). The lowest BCUT2D eigenvalue weighted by atomic mass is 10.2. The number of fused-ring (bicyclic) bond motifs is 2. The zero-order chi connectivity index (χ0) is 24.9. The number of hydrogen-bond acceptors (Lipinski definition) is 6. The Labute approximate surface area is 206 Å². The summed E-state index contributed by atoms with van der Waals surface area (Å²) in [5, 5.41) is 23.2. The van der Waals surface area contributed by atoms with Crippen molar-refractivity contribution < 1.29 is 14.7 Å². The lowest BCUT2D eigenvalue weighted by Crippen LogP contribution is -2.25. The highest BCUT2D eigenvalue weighted by molar-refractivity contribution is 5.97. The van der Waals surface area contributed by atoms with E-state index in [1.165, 1.54) is 11.9 Å². The molecule has 0 spiro atoms. The minimum atomic E-state index is -1.16. The topological polar surface area (TPSA) is 134 Å². The molecule has 10 heteroatoms. The molecule has 2 heterocycles. The molecule has 0 atom stereocenters. The van der Waals surface area contributed by atoms with Gasteiger partial charge in [-0.2, -0.15) is 5.10 Å². The molecule has 4 N–H and O–H groups in total. The molecule has 5 aromatic rings. The van der Waals surface area contributed by atoms with Crippen molar-refractivity contribution in [1.29, 1.82) is 0 Å². The Bertz CT molecular complexity index is 1550. The van der Waals surface area contributed by atoms with Crippen LogP contribution in [0.25, 0.3) is 21.8 Å². The number of nitrogens with one attached hydrogen (secondary N) is 3. The van der Waals surface area contributed by atoms with Crippen molar-refractivity contribution >= 4 is 51.0 Å². The number of carbonyl (C=O) groups excluding carboxylic acids is 1. The zero-order valence-electron chi connectivity index (χ0n) is 19.2. The van der Waals surface area contributed by atoms with Gasteiger partial charge in [0.05, 0.1) is 23.8 Å². The summed E-state index contributed by atoms with van der Waals surface area (Å²) in [6.07, 6.45) is 2.19. The first-order valence-corrected chi connectivity index (χ1v) is 11.3. The van der Waals surface area contributed by atoms with Crippen LogP contribution < -0.4 is 16.0 Å². The zero-order valence-corrected chi connectivity index (χ0v) is 19.2. The molecule has 0 aliphatic carbocycles. The Morgan fingerprint density at radius 1 is 0.944 bits per heavy atom. The fourth-order valence-electron chi connectivity index (χ4n) is 3.92. The Morgan fingerprint density at radius 3 is 2.61 bits per heavy atom. The SMILES string of the molecule is O=C(O)NCCC(=O)Nc1ccc2ncnc(Nc3ccc4c(cnn4Cc4ccccc4)c3)c2c1. The van der Waals surface area contributed by atoms with Crippen LogP contribution in [0.2, 0.25) is 0 Å². The normalized spacial score (nSPS) is 10.9. The van der Waals surface area contributed by atoms with Gasteiger partial charge >= 0.3 is 6.09 Å². The summed E-state index contributed by atoms with van der Waals surface area (Å²) in [5.41, 5.74) is 4.33. The summed E-state index contributed by atoms with van der Waals surface area (Å²) in [6.45, 7) is 0.726. The lowest BCUT2D eigenvalue weighted by Gasteiger charge is -2.11. The first-order chi connectivity index (χ1) is 17.5. The molecule has 0 aliphatic heterocycles. The van der Waals surface area contributed by atoms with Crippen LogP contribution in [0.5, 0.6) is 0 Å². The minimum Gasteiger partial charge on any atom is -0.465 e. The Balaban J connectivity index is 1.34. The number of benzene rings is 3. The van der Waals surface area contributed by atoms with Crippen molar-refractivity contribution in [3.63, 3.8) is 0 Å². The van der Waals surface area contributed by atoms with Crippen molar-refractivity contribution in [3.05, 3.63) is 84.8 Å². The van der Waals surface area contributed by atoms with Crippen LogP contribution in [0, 0.1) is 0 Å². The largest absolute Gasteiger partial charge is 0.465 e. The quantitative estimate of drug-likeness (QED) is 0.259. The van der Waals surface area contributed by atoms with Gasteiger partial charge in [0, 0.05) is 35.1 Å². The number of anilines is 3. The second kappa shape index (κ2) is 10.1. The van der Waals surface area contributed by atoms with Gasteiger partial charge in [0.25, 0.3) is 0 Å². The van der Waals surface area contributed by atoms with Gasteiger partial charge < -0.3 is 21.1 Å². The van der Waals surface area contributed by atoms with Gasteiger partial charge in [0.2, 0.25) is 5.91 Å². The van der Waals surface area contributed by atoms with Gasteiger partial charge in [0.15, 0.2) is 0 Å². The summed E-state index contributed by atoms with van der Waals surface area (Å²) < 4.78 is 1.97. The molecule has 36 heavy (non-hydrogen) atoms. The summed E-state index contributed by atoms with van der Waals surface area (Å²) >= 11 is 0. The van der Waals surface area contributed by atoms with Crippen LogP contribution in [0.1, 0.15) is 12.0 Å². The third-order valence-electron chi connectivity index (χ3n) is 5.63. The molecule has 180 valence electrons. The lowest BCUT2D eigenvalue weighted by molar-refractivity contribution is -0.116. The maximum atomic E-state index is 12.1. The highest BCUT2D eigenvalue weighted by atomic mass is 16.4. The summed E-state index contributed by atoms with van der Waals surface area (Å²) in [7, 11) is 0. The molecule has 0 radical (unpaired) electrons. The second-order valence-electron chi connectivity index (χ2n) is 8.17. The van der Waals surface area contributed by atoms with Gasteiger partial charge in [0.1, 0.15) is 12.1 Å². The van der Waals surface area contributed by atoms with Gasteiger partial charge in [-0.3, -0.25) is 9.48 Å². The van der Waals surface area contributed by atoms with Gasteiger partial charge in [-0.15, -0.1) is 0 Å².